The molecule has 0 aliphatic carbocycles. The third-order valence-corrected chi connectivity index (χ3v) is 1.98. The Morgan fingerprint density at radius 1 is 1.64 bits per heavy atom. The lowest BCUT2D eigenvalue weighted by Crippen LogP contribution is -2.45. The van der Waals surface area contributed by atoms with Crippen LogP contribution in [0, 0.1) is 5.92 Å². The molecule has 1 rings (SSSR count). The van der Waals surface area contributed by atoms with Crippen LogP contribution in [0.1, 0.15) is 6.42 Å². The Bertz CT molecular complexity index is 211. The van der Waals surface area contributed by atoms with Gasteiger partial charge in [-0.05, 0) is 0 Å². The zero-order valence-electron chi connectivity index (χ0n) is 7.63. The zero-order valence-corrected chi connectivity index (χ0v) is 7.63. The maximum atomic E-state index is 12.8. The summed E-state index contributed by atoms with van der Waals surface area (Å²) in [6.45, 7) is -0.214. The van der Waals surface area contributed by atoms with E-state index in [1.807, 2.05) is 0 Å². The van der Waals surface area contributed by atoms with Gasteiger partial charge in [-0.2, -0.15) is 0 Å². The molecule has 0 radical (unpaired) electrons. The van der Waals surface area contributed by atoms with Gasteiger partial charge in [-0.3, -0.25) is 0 Å². The smallest absolute Gasteiger partial charge is 0.329 e. The first-order valence-corrected chi connectivity index (χ1v) is 4.38. The lowest BCUT2D eigenvalue weighted by molar-refractivity contribution is -0.143. The van der Waals surface area contributed by atoms with Crippen molar-refractivity contribution >= 4 is 5.97 Å². The van der Waals surface area contributed by atoms with Crippen LogP contribution >= 0.6 is 0 Å². The Labute approximate surface area is 80.2 Å². The van der Waals surface area contributed by atoms with E-state index in [0.29, 0.717) is 6.54 Å². The van der Waals surface area contributed by atoms with E-state index in [1.54, 1.807) is 0 Å². The van der Waals surface area contributed by atoms with Crippen molar-refractivity contribution < 1.29 is 23.4 Å². The highest BCUT2D eigenvalue weighted by atomic mass is 19.3. The van der Waals surface area contributed by atoms with Crippen LogP contribution < -0.4 is 5.32 Å². The lowest BCUT2D eigenvalue weighted by atomic mass is 9.98. The number of carboxylic acids is 1. The van der Waals surface area contributed by atoms with Gasteiger partial charge < -0.3 is 15.2 Å². The van der Waals surface area contributed by atoms with Gasteiger partial charge in [0.1, 0.15) is 6.61 Å². The largest absolute Gasteiger partial charge is 0.480 e. The summed E-state index contributed by atoms with van der Waals surface area (Å²) in [7, 11) is 0. The standard InChI is InChI=1S/C8H13F2NO3/c9-8(10)1-6(2-11-5-8)3-14-4-7(12)13/h6,11H,1-5H2,(H,12,13). The molecule has 0 aromatic rings. The molecule has 0 bridgehead atoms. The molecule has 1 fully saturated rings. The second kappa shape index (κ2) is 4.65. The highest BCUT2D eigenvalue weighted by molar-refractivity contribution is 5.67. The zero-order chi connectivity index (χ0) is 10.6. The first-order chi connectivity index (χ1) is 6.49. The average Bonchev–Trinajstić information content (AvgIpc) is 2.01. The van der Waals surface area contributed by atoms with E-state index in [1.165, 1.54) is 0 Å². The molecule has 6 heteroatoms. The van der Waals surface area contributed by atoms with Gasteiger partial charge in [-0.1, -0.05) is 0 Å². The van der Waals surface area contributed by atoms with Crippen molar-refractivity contribution in [2.45, 2.75) is 12.3 Å². The highest BCUT2D eigenvalue weighted by Gasteiger charge is 2.36. The van der Waals surface area contributed by atoms with Crippen molar-refractivity contribution in [1.82, 2.24) is 5.32 Å². The van der Waals surface area contributed by atoms with Crippen LogP contribution in [0.3, 0.4) is 0 Å². The van der Waals surface area contributed by atoms with Gasteiger partial charge in [0.05, 0.1) is 13.2 Å². The van der Waals surface area contributed by atoms with Crippen molar-refractivity contribution in [3.05, 3.63) is 0 Å². The molecule has 0 saturated carbocycles. The van der Waals surface area contributed by atoms with Crippen molar-refractivity contribution in [1.29, 1.82) is 0 Å². The third kappa shape index (κ3) is 3.97. The maximum absolute atomic E-state index is 12.8. The van der Waals surface area contributed by atoms with Crippen molar-refractivity contribution in [3.63, 3.8) is 0 Å². The minimum absolute atomic E-state index is 0.0644. The summed E-state index contributed by atoms with van der Waals surface area (Å²) < 4.78 is 30.4. The molecule has 14 heavy (non-hydrogen) atoms. The van der Waals surface area contributed by atoms with Crippen LogP contribution in [0.15, 0.2) is 0 Å². The van der Waals surface area contributed by atoms with E-state index in [-0.39, 0.29) is 25.5 Å². The SMILES string of the molecule is O=C(O)COCC1CNCC(F)(F)C1. The van der Waals surface area contributed by atoms with E-state index >= 15 is 0 Å². The number of piperidine rings is 1. The summed E-state index contributed by atoms with van der Waals surface area (Å²) in [6.07, 6.45) is -0.236. The molecule has 1 atom stereocenters. The summed E-state index contributed by atoms with van der Waals surface area (Å²) in [4.78, 5) is 10.1. The fourth-order valence-electron chi connectivity index (χ4n) is 1.46. The predicted octanol–water partition coefficient (Wildman–Crippen LogP) is 0.332. The van der Waals surface area contributed by atoms with Gasteiger partial charge in [0.2, 0.25) is 0 Å². The average molecular weight is 209 g/mol. The lowest BCUT2D eigenvalue weighted by Gasteiger charge is -2.29. The summed E-state index contributed by atoms with van der Waals surface area (Å²) in [5.41, 5.74) is 0. The molecule has 1 aliphatic heterocycles. The third-order valence-electron chi connectivity index (χ3n) is 1.98. The van der Waals surface area contributed by atoms with Crippen LogP contribution in [0.2, 0.25) is 0 Å². The number of nitrogens with one attached hydrogen (secondary N) is 1. The van der Waals surface area contributed by atoms with Crippen LogP contribution in [0.4, 0.5) is 8.78 Å². The van der Waals surface area contributed by atoms with Crippen LogP contribution in [-0.2, 0) is 9.53 Å². The highest BCUT2D eigenvalue weighted by Crippen LogP contribution is 2.26. The number of alkyl halides is 2. The van der Waals surface area contributed by atoms with Gasteiger partial charge in [0.15, 0.2) is 0 Å². The van der Waals surface area contributed by atoms with Crippen molar-refractivity contribution in [2.75, 3.05) is 26.3 Å². The first-order valence-electron chi connectivity index (χ1n) is 4.38. The summed E-state index contributed by atoms with van der Waals surface area (Å²) in [6, 6.07) is 0. The molecule has 1 saturated heterocycles. The summed E-state index contributed by atoms with van der Waals surface area (Å²) in [5.74, 6) is -4.09. The van der Waals surface area contributed by atoms with Gasteiger partial charge in [0.25, 0.3) is 5.92 Å². The Hall–Kier alpha value is -0.750. The monoisotopic (exact) mass is 209 g/mol. The van der Waals surface area contributed by atoms with Gasteiger partial charge in [-0.15, -0.1) is 0 Å². The van der Waals surface area contributed by atoms with E-state index in [0.717, 1.165) is 0 Å². The number of rotatable bonds is 4. The minimum Gasteiger partial charge on any atom is -0.480 e. The van der Waals surface area contributed by atoms with E-state index in [4.69, 9.17) is 9.84 Å². The maximum Gasteiger partial charge on any atom is 0.329 e. The van der Waals surface area contributed by atoms with Crippen LogP contribution in [0.25, 0.3) is 0 Å². The minimum atomic E-state index is -2.70. The fourth-order valence-corrected chi connectivity index (χ4v) is 1.46. The van der Waals surface area contributed by atoms with Gasteiger partial charge in [-0.25, -0.2) is 13.6 Å². The Kier molecular flexibility index (Phi) is 3.77. The molecule has 0 aromatic carbocycles. The van der Waals surface area contributed by atoms with E-state index < -0.39 is 18.5 Å². The molecule has 82 valence electrons. The molecule has 0 spiro atoms. The van der Waals surface area contributed by atoms with Crippen molar-refractivity contribution in [3.8, 4) is 0 Å². The number of carboxylic acid groups (broad SMARTS) is 1. The number of ether oxygens (including phenoxy) is 1. The van der Waals surface area contributed by atoms with Crippen LogP contribution in [0.5, 0.6) is 0 Å². The molecule has 1 heterocycles. The molecule has 0 amide bonds. The molecule has 2 N–H and O–H groups in total. The molecular formula is C8H13F2NO3. The van der Waals surface area contributed by atoms with E-state index in [2.05, 4.69) is 5.32 Å². The normalized spacial score (nSPS) is 26.0. The topological polar surface area (TPSA) is 58.6 Å². The fraction of sp³-hybridized carbons (Fsp3) is 0.875. The van der Waals surface area contributed by atoms with Crippen LogP contribution in [-0.4, -0.2) is 43.3 Å². The molecule has 1 aliphatic rings. The number of carbonyl (C=O) groups is 1. The number of aliphatic carboxylic acids is 1. The predicted molar refractivity (Wildman–Crippen MR) is 44.4 cm³/mol. The first kappa shape index (κ1) is 11.3. The summed E-state index contributed by atoms with van der Waals surface area (Å²) >= 11 is 0. The molecule has 1 unspecified atom stereocenters. The quantitative estimate of drug-likeness (QED) is 0.700. The Morgan fingerprint density at radius 2 is 2.36 bits per heavy atom. The Balaban J connectivity index is 2.21. The molecule has 4 nitrogen and oxygen atoms in total. The number of hydrogen-bond donors (Lipinski definition) is 2. The second-order valence-electron chi connectivity index (χ2n) is 3.47. The van der Waals surface area contributed by atoms with Gasteiger partial charge in [0, 0.05) is 18.9 Å². The van der Waals surface area contributed by atoms with Crippen molar-refractivity contribution in [2.24, 2.45) is 5.92 Å². The number of hydrogen-bond acceptors (Lipinski definition) is 3. The summed E-state index contributed by atoms with van der Waals surface area (Å²) in [5, 5.41) is 10.8. The Morgan fingerprint density at radius 3 is 2.93 bits per heavy atom. The van der Waals surface area contributed by atoms with E-state index in [9.17, 15) is 13.6 Å². The number of halogens is 2. The second-order valence-corrected chi connectivity index (χ2v) is 3.47. The molecular weight excluding hydrogens is 196 g/mol. The van der Waals surface area contributed by atoms with Gasteiger partial charge >= 0.3 is 5.97 Å². The molecule has 0 aromatic heterocycles.